The predicted octanol–water partition coefficient (Wildman–Crippen LogP) is 3.85. The van der Waals surface area contributed by atoms with Gasteiger partial charge < -0.3 is 25.0 Å². The molecule has 30 heavy (non-hydrogen) atoms. The molecule has 0 bridgehead atoms. The van der Waals surface area contributed by atoms with Gasteiger partial charge >= 0.3 is 0 Å². The summed E-state index contributed by atoms with van der Waals surface area (Å²) in [5.41, 5.74) is 2.60. The van der Waals surface area contributed by atoms with Crippen LogP contribution in [-0.4, -0.2) is 44.4 Å². The molecule has 2 heterocycles. The molecule has 0 aliphatic heterocycles. The summed E-state index contributed by atoms with van der Waals surface area (Å²) in [6, 6.07) is 8.01. The van der Waals surface area contributed by atoms with Gasteiger partial charge in [-0.1, -0.05) is 26.0 Å². The van der Waals surface area contributed by atoms with Crippen LogP contribution in [0.5, 0.6) is 5.75 Å². The largest absolute Gasteiger partial charge is 0.497 e. The molecule has 0 unspecified atom stereocenters. The van der Waals surface area contributed by atoms with E-state index < -0.39 is 0 Å². The first-order valence-electron chi connectivity index (χ1n) is 10.4. The van der Waals surface area contributed by atoms with Crippen LogP contribution in [0.2, 0.25) is 0 Å². The smallest absolute Gasteiger partial charge is 0.227 e. The van der Waals surface area contributed by atoms with Gasteiger partial charge in [-0.05, 0) is 43.9 Å². The second kappa shape index (κ2) is 9.75. The number of nitrogens with zero attached hydrogens (tertiary/aromatic N) is 4. The maximum atomic E-state index is 9.75. The molecule has 0 spiro atoms. The Morgan fingerprint density at radius 2 is 1.83 bits per heavy atom. The number of aliphatic hydroxyl groups excluding tert-OH is 1. The highest BCUT2D eigenvalue weighted by atomic mass is 16.5. The summed E-state index contributed by atoms with van der Waals surface area (Å²) in [5, 5.41) is 16.4. The SMILES string of the molecule is COc1ccc(CNc2nc(N[C@@H](CO)CC(C)C)nc3c2ncn3C(C)C)cc1. The van der Waals surface area contributed by atoms with E-state index in [2.05, 4.69) is 48.3 Å². The van der Waals surface area contributed by atoms with Crippen LogP contribution in [0.15, 0.2) is 30.6 Å². The van der Waals surface area contributed by atoms with Crippen molar-refractivity contribution in [3.63, 3.8) is 0 Å². The fourth-order valence-corrected chi connectivity index (χ4v) is 3.34. The maximum Gasteiger partial charge on any atom is 0.227 e. The monoisotopic (exact) mass is 412 g/mol. The summed E-state index contributed by atoms with van der Waals surface area (Å²) >= 11 is 0. The molecular weight excluding hydrogens is 380 g/mol. The molecule has 8 nitrogen and oxygen atoms in total. The third-order valence-corrected chi connectivity index (χ3v) is 4.91. The minimum absolute atomic E-state index is 0.0254. The van der Waals surface area contributed by atoms with Crippen molar-refractivity contribution < 1.29 is 9.84 Å². The van der Waals surface area contributed by atoms with Gasteiger partial charge in [0.15, 0.2) is 17.0 Å². The van der Waals surface area contributed by atoms with Crippen LogP contribution in [-0.2, 0) is 6.54 Å². The fraction of sp³-hybridized carbons (Fsp3) is 0.500. The number of fused-ring (bicyclic) bond motifs is 1. The summed E-state index contributed by atoms with van der Waals surface area (Å²) in [7, 11) is 1.66. The Bertz CT molecular complexity index is 952. The molecular formula is C22H32N6O2. The van der Waals surface area contributed by atoms with Crippen LogP contribution in [0.3, 0.4) is 0 Å². The Morgan fingerprint density at radius 3 is 2.43 bits per heavy atom. The predicted molar refractivity (Wildman–Crippen MR) is 120 cm³/mol. The Labute approximate surface area is 177 Å². The minimum atomic E-state index is -0.104. The zero-order valence-corrected chi connectivity index (χ0v) is 18.4. The van der Waals surface area contributed by atoms with E-state index in [-0.39, 0.29) is 18.7 Å². The van der Waals surface area contributed by atoms with Gasteiger partial charge in [-0.2, -0.15) is 9.97 Å². The van der Waals surface area contributed by atoms with E-state index in [0.717, 1.165) is 28.9 Å². The topological polar surface area (TPSA) is 97.1 Å². The average Bonchev–Trinajstić information content (AvgIpc) is 3.16. The fourth-order valence-electron chi connectivity index (χ4n) is 3.34. The van der Waals surface area contributed by atoms with Crippen LogP contribution in [0.1, 0.15) is 45.7 Å². The highest BCUT2D eigenvalue weighted by Gasteiger charge is 2.17. The van der Waals surface area contributed by atoms with Crippen LogP contribution in [0.4, 0.5) is 11.8 Å². The molecule has 0 aliphatic rings. The zero-order chi connectivity index (χ0) is 21.7. The molecule has 2 aromatic heterocycles. The van der Waals surface area contributed by atoms with Crippen molar-refractivity contribution in [3.05, 3.63) is 36.2 Å². The Kier molecular flexibility index (Phi) is 7.10. The van der Waals surface area contributed by atoms with Gasteiger partial charge in [0, 0.05) is 12.6 Å². The molecule has 1 aromatic carbocycles. The molecule has 0 radical (unpaired) electrons. The van der Waals surface area contributed by atoms with Crippen molar-refractivity contribution in [2.24, 2.45) is 5.92 Å². The van der Waals surface area contributed by atoms with Gasteiger partial charge in [-0.25, -0.2) is 4.98 Å². The Morgan fingerprint density at radius 1 is 1.10 bits per heavy atom. The van der Waals surface area contributed by atoms with Crippen LogP contribution in [0, 0.1) is 5.92 Å². The lowest BCUT2D eigenvalue weighted by Gasteiger charge is -2.19. The standard InChI is InChI=1S/C22H32N6O2/c1-14(2)10-17(12-29)25-22-26-20(19-21(27-22)28(13-24-19)15(3)4)23-11-16-6-8-18(30-5)9-7-16/h6-9,13-15,17,29H,10-12H2,1-5H3,(H2,23,25,26,27)/t17-/m1/s1. The number of rotatable bonds is 10. The van der Waals surface area contributed by atoms with E-state index in [1.54, 1.807) is 13.4 Å². The van der Waals surface area contributed by atoms with E-state index in [4.69, 9.17) is 9.72 Å². The van der Waals surface area contributed by atoms with Crippen molar-refractivity contribution in [2.75, 3.05) is 24.4 Å². The second-order valence-corrected chi connectivity index (χ2v) is 8.17. The lowest BCUT2D eigenvalue weighted by Crippen LogP contribution is -2.27. The first-order chi connectivity index (χ1) is 14.4. The summed E-state index contributed by atoms with van der Waals surface area (Å²) in [4.78, 5) is 13.9. The van der Waals surface area contributed by atoms with Crippen LogP contribution < -0.4 is 15.4 Å². The molecule has 0 saturated carbocycles. The number of anilines is 2. The third kappa shape index (κ3) is 5.18. The first kappa shape index (κ1) is 21.8. The number of methoxy groups -OCH3 is 1. The number of nitrogens with one attached hydrogen (secondary N) is 2. The molecule has 3 rings (SSSR count). The van der Waals surface area contributed by atoms with Gasteiger partial charge in [0.1, 0.15) is 5.75 Å². The second-order valence-electron chi connectivity index (χ2n) is 8.17. The molecule has 3 N–H and O–H groups in total. The summed E-state index contributed by atoms with van der Waals surface area (Å²) in [5.74, 6) is 2.43. The van der Waals surface area contributed by atoms with Gasteiger partial charge in [-0.3, -0.25) is 0 Å². The van der Waals surface area contributed by atoms with Crippen LogP contribution in [0.25, 0.3) is 11.2 Å². The van der Waals surface area contributed by atoms with E-state index in [1.807, 2.05) is 28.8 Å². The molecule has 0 fully saturated rings. The van der Waals surface area contributed by atoms with E-state index in [1.165, 1.54) is 0 Å². The molecule has 0 aliphatic carbocycles. The Balaban J connectivity index is 1.90. The molecule has 1 atom stereocenters. The van der Waals surface area contributed by atoms with Gasteiger partial charge in [0.25, 0.3) is 0 Å². The number of aliphatic hydroxyl groups is 1. The molecule has 0 saturated heterocycles. The number of benzene rings is 1. The zero-order valence-electron chi connectivity index (χ0n) is 18.4. The number of ether oxygens (including phenoxy) is 1. The normalized spacial score (nSPS) is 12.5. The third-order valence-electron chi connectivity index (χ3n) is 4.91. The number of imidazole rings is 1. The number of hydrogen-bond donors (Lipinski definition) is 3. The van der Waals surface area contributed by atoms with Crippen molar-refractivity contribution in [2.45, 2.75) is 52.7 Å². The number of hydrogen-bond acceptors (Lipinski definition) is 7. The van der Waals surface area contributed by atoms with Gasteiger partial charge in [-0.15, -0.1) is 0 Å². The summed E-state index contributed by atoms with van der Waals surface area (Å²) in [6.07, 6.45) is 2.62. The highest BCUT2D eigenvalue weighted by Crippen LogP contribution is 2.25. The maximum absolute atomic E-state index is 9.75. The minimum Gasteiger partial charge on any atom is -0.497 e. The van der Waals surface area contributed by atoms with Gasteiger partial charge in [0.2, 0.25) is 5.95 Å². The van der Waals surface area contributed by atoms with E-state index in [0.29, 0.717) is 24.2 Å². The molecule has 8 heteroatoms. The number of aromatic nitrogens is 4. The highest BCUT2D eigenvalue weighted by molar-refractivity contribution is 5.84. The van der Waals surface area contributed by atoms with E-state index >= 15 is 0 Å². The van der Waals surface area contributed by atoms with Crippen LogP contribution >= 0.6 is 0 Å². The lowest BCUT2D eigenvalue weighted by molar-refractivity contribution is 0.259. The van der Waals surface area contributed by atoms with Crippen molar-refractivity contribution in [3.8, 4) is 5.75 Å². The van der Waals surface area contributed by atoms with Crippen molar-refractivity contribution in [1.29, 1.82) is 0 Å². The molecule has 162 valence electrons. The molecule has 0 amide bonds. The lowest BCUT2D eigenvalue weighted by atomic mass is 10.0. The van der Waals surface area contributed by atoms with Crippen molar-refractivity contribution >= 4 is 22.9 Å². The van der Waals surface area contributed by atoms with E-state index in [9.17, 15) is 5.11 Å². The summed E-state index contributed by atoms with van der Waals surface area (Å²) < 4.78 is 7.25. The quantitative estimate of drug-likeness (QED) is 0.465. The average molecular weight is 413 g/mol. The Hall–Kier alpha value is -2.87. The van der Waals surface area contributed by atoms with Gasteiger partial charge in [0.05, 0.1) is 26.1 Å². The summed E-state index contributed by atoms with van der Waals surface area (Å²) in [6.45, 7) is 9.07. The van der Waals surface area contributed by atoms with Crippen molar-refractivity contribution in [1.82, 2.24) is 19.5 Å². The molecule has 3 aromatic rings. The first-order valence-corrected chi connectivity index (χ1v) is 10.4.